The maximum Gasteiger partial charge on any atom is 0.346 e. The van der Waals surface area contributed by atoms with Crippen LogP contribution in [0.2, 0.25) is 0 Å². The molecule has 0 unspecified atom stereocenters. The Bertz CT molecular complexity index is 652. The SMILES string of the molecule is CC(C)S(=O)(=O)CCOc1cccc([N+](=O)[O-])c1C(=O)O. The number of carboxylic acids is 1. The van der Waals surface area contributed by atoms with E-state index < -0.39 is 37.2 Å². The van der Waals surface area contributed by atoms with Crippen LogP contribution in [0.3, 0.4) is 0 Å². The number of ether oxygens (including phenoxy) is 1. The number of rotatable bonds is 7. The second kappa shape index (κ2) is 6.53. The molecule has 8 nitrogen and oxygen atoms in total. The van der Waals surface area contributed by atoms with Crippen molar-refractivity contribution in [1.82, 2.24) is 0 Å². The first-order valence-corrected chi connectivity index (χ1v) is 7.73. The molecule has 0 heterocycles. The smallest absolute Gasteiger partial charge is 0.346 e. The van der Waals surface area contributed by atoms with Crippen LogP contribution in [0.25, 0.3) is 0 Å². The molecule has 0 spiro atoms. The molecule has 1 aromatic carbocycles. The van der Waals surface area contributed by atoms with Crippen LogP contribution < -0.4 is 4.74 Å². The van der Waals surface area contributed by atoms with Gasteiger partial charge in [-0.2, -0.15) is 0 Å². The van der Waals surface area contributed by atoms with Gasteiger partial charge in [-0.25, -0.2) is 13.2 Å². The first kappa shape index (κ1) is 16.9. The van der Waals surface area contributed by atoms with Gasteiger partial charge in [0.15, 0.2) is 15.4 Å². The van der Waals surface area contributed by atoms with Gasteiger partial charge >= 0.3 is 5.97 Å². The van der Waals surface area contributed by atoms with Crippen LogP contribution in [-0.4, -0.2) is 42.0 Å². The molecule has 0 saturated carbocycles. The molecule has 0 fully saturated rings. The second-order valence-corrected chi connectivity index (χ2v) is 7.15. The van der Waals surface area contributed by atoms with Gasteiger partial charge in [-0.1, -0.05) is 6.07 Å². The van der Waals surface area contributed by atoms with Gasteiger partial charge in [0.2, 0.25) is 0 Å². The van der Waals surface area contributed by atoms with Crippen molar-refractivity contribution >= 4 is 21.5 Å². The number of carbonyl (C=O) groups is 1. The summed E-state index contributed by atoms with van der Waals surface area (Å²) in [6.45, 7) is 2.76. The number of nitro benzene ring substituents is 1. The number of aromatic carboxylic acids is 1. The second-order valence-electron chi connectivity index (χ2n) is 4.48. The van der Waals surface area contributed by atoms with Crippen molar-refractivity contribution in [2.45, 2.75) is 19.1 Å². The standard InChI is InChI=1S/C12H15NO7S/c1-8(2)21(18,19)7-6-20-10-5-3-4-9(13(16)17)11(10)12(14)15/h3-5,8H,6-7H2,1-2H3,(H,14,15). The van der Waals surface area contributed by atoms with Crippen LogP contribution in [0.1, 0.15) is 24.2 Å². The lowest BCUT2D eigenvalue weighted by atomic mass is 10.1. The number of nitro groups is 1. The van der Waals surface area contributed by atoms with E-state index in [9.17, 15) is 23.3 Å². The monoisotopic (exact) mass is 317 g/mol. The largest absolute Gasteiger partial charge is 0.491 e. The summed E-state index contributed by atoms with van der Waals surface area (Å²) >= 11 is 0. The third-order valence-electron chi connectivity index (χ3n) is 2.76. The van der Waals surface area contributed by atoms with Crippen molar-refractivity contribution in [3.05, 3.63) is 33.9 Å². The minimum atomic E-state index is -3.33. The Kier molecular flexibility index (Phi) is 5.25. The van der Waals surface area contributed by atoms with E-state index in [0.717, 1.165) is 6.07 Å². The number of sulfone groups is 1. The van der Waals surface area contributed by atoms with Crippen molar-refractivity contribution < 1.29 is 28.0 Å². The predicted octanol–water partition coefficient (Wildman–Crippen LogP) is 1.50. The summed E-state index contributed by atoms with van der Waals surface area (Å²) in [6, 6.07) is 3.57. The van der Waals surface area contributed by atoms with Gasteiger partial charge in [0.05, 0.1) is 15.9 Å². The van der Waals surface area contributed by atoms with Gasteiger partial charge in [-0.3, -0.25) is 10.1 Å². The van der Waals surface area contributed by atoms with Crippen molar-refractivity contribution in [3.63, 3.8) is 0 Å². The number of carboxylic acid groups (broad SMARTS) is 1. The average molecular weight is 317 g/mol. The van der Waals surface area contributed by atoms with Crippen molar-refractivity contribution in [1.29, 1.82) is 0 Å². The minimum Gasteiger partial charge on any atom is -0.491 e. The fourth-order valence-corrected chi connectivity index (χ4v) is 2.30. The summed E-state index contributed by atoms with van der Waals surface area (Å²) in [7, 11) is -3.33. The van der Waals surface area contributed by atoms with E-state index >= 15 is 0 Å². The molecule has 1 N–H and O–H groups in total. The predicted molar refractivity (Wildman–Crippen MR) is 74.5 cm³/mol. The molecule has 0 amide bonds. The average Bonchev–Trinajstić information content (AvgIpc) is 2.37. The van der Waals surface area contributed by atoms with Gasteiger partial charge < -0.3 is 9.84 Å². The molecule has 0 bridgehead atoms. The molecule has 0 saturated heterocycles. The van der Waals surface area contributed by atoms with Crippen LogP contribution in [0.15, 0.2) is 18.2 Å². The first-order valence-electron chi connectivity index (χ1n) is 6.02. The van der Waals surface area contributed by atoms with E-state index in [1.54, 1.807) is 0 Å². The van der Waals surface area contributed by atoms with Crippen molar-refractivity contribution in [3.8, 4) is 5.75 Å². The van der Waals surface area contributed by atoms with E-state index in [1.807, 2.05) is 0 Å². The normalized spacial score (nSPS) is 11.4. The van der Waals surface area contributed by atoms with E-state index in [0.29, 0.717) is 0 Å². The van der Waals surface area contributed by atoms with Crippen LogP contribution in [0, 0.1) is 10.1 Å². The highest BCUT2D eigenvalue weighted by Crippen LogP contribution is 2.28. The molecule has 21 heavy (non-hydrogen) atoms. The molecule has 0 radical (unpaired) electrons. The lowest BCUT2D eigenvalue weighted by Gasteiger charge is -2.11. The highest BCUT2D eigenvalue weighted by molar-refractivity contribution is 7.91. The molecule has 0 aliphatic carbocycles. The number of hydrogen-bond acceptors (Lipinski definition) is 6. The molecule has 116 valence electrons. The third-order valence-corrected chi connectivity index (χ3v) is 4.93. The van der Waals surface area contributed by atoms with Crippen LogP contribution in [0.4, 0.5) is 5.69 Å². The Morgan fingerprint density at radius 2 is 2.05 bits per heavy atom. The highest BCUT2D eigenvalue weighted by Gasteiger charge is 2.25. The number of benzene rings is 1. The molecule has 9 heteroatoms. The Balaban J connectivity index is 2.97. The molecule has 0 aliphatic heterocycles. The van der Waals surface area contributed by atoms with Gasteiger partial charge in [0, 0.05) is 6.07 Å². The summed E-state index contributed by atoms with van der Waals surface area (Å²) in [6.07, 6.45) is 0. The van der Waals surface area contributed by atoms with Crippen molar-refractivity contribution in [2.75, 3.05) is 12.4 Å². The Morgan fingerprint density at radius 3 is 2.52 bits per heavy atom. The Morgan fingerprint density at radius 1 is 1.43 bits per heavy atom. The molecular weight excluding hydrogens is 302 g/mol. The third kappa shape index (κ3) is 4.15. The first-order chi connectivity index (χ1) is 9.66. The lowest BCUT2D eigenvalue weighted by Crippen LogP contribution is -2.22. The lowest BCUT2D eigenvalue weighted by molar-refractivity contribution is -0.385. The molecule has 0 aromatic heterocycles. The fourth-order valence-electron chi connectivity index (χ4n) is 1.51. The maximum absolute atomic E-state index is 11.6. The zero-order valence-electron chi connectivity index (χ0n) is 11.5. The summed E-state index contributed by atoms with van der Waals surface area (Å²) in [5.74, 6) is -2.04. The van der Waals surface area contributed by atoms with Gasteiger partial charge in [-0.05, 0) is 19.9 Å². The van der Waals surface area contributed by atoms with Crippen molar-refractivity contribution in [2.24, 2.45) is 0 Å². The van der Waals surface area contributed by atoms with Gasteiger partial charge in [0.25, 0.3) is 5.69 Å². The number of nitrogens with zero attached hydrogens (tertiary/aromatic N) is 1. The highest BCUT2D eigenvalue weighted by atomic mass is 32.2. The molecule has 1 aromatic rings. The van der Waals surface area contributed by atoms with E-state index in [1.165, 1.54) is 26.0 Å². The minimum absolute atomic E-state index is 0.226. The van der Waals surface area contributed by atoms with Gasteiger partial charge in [-0.15, -0.1) is 0 Å². The molecule has 0 aliphatic rings. The molecular formula is C12H15NO7S. The zero-order chi connectivity index (χ0) is 16.2. The summed E-state index contributed by atoms with van der Waals surface area (Å²) in [4.78, 5) is 21.1. The molecule has 1 rings (SSSR count). The maximum atomic E-state index is 11.6. The quantitative estimate of drug-likeness (QED) is 0.596. The summed E-state index contributed by atoms with van der Waals surface area (Å²) in [5, 5.41) is 19.3. The summed E-state index contributed by atoms with van der Waals surface area (Å²) < 4.78 is 28.3. The Labute approximate surface area is 121 Å². The van der Waals surface area contributed by atoms with Gasteiger partial charge in [0.1, 0.15) is 12.4 Å². The van der Waals surface area contributed by atoms with E-state index in [2.05, 4.69) is 0 Å². The topological polar surface area (TPSA) is 124 Å². The molecule has 0 atom stereocenters. The van der Waals surface area contributed by atoms with E-state index in [4.69, 9.17) is 9.84 Å². The van der Waals surface area contributed by atoms with E-state index in [-0.39, 0.29) is 18.1 Å². The zero-order valence-corrected chi connectivity index (χ0v) is 12.3. The Hall–Kier alpha value is -2.16. The number of hydrogen-bond donors (Lipinski definition) is 1. The fraction of sp³-hybridized carbons (Fsp3) is 0.417. The summed E-state index contributed by atoms with van der Waals surface area (Å²) in [5.41, 5.74) is -1.20. The van der Waals surface area contributed by atoms with Crippen LogP contribution in [-0.2, 0) is 9.84 Å². The van der Waals surface area contributed by atoms with Crippen LogP contribution >= 0.6 is 0 Å². The van der Waals surface area contributed by atoms with Crippen LogP contribution in [0.5, 0.6) is 5.75 Å².